The van der Waals surface area contributed by atoms with E-state index in [2.05, 4.69) is 10.4 Å². The van der Waals surface area contributed by atoms with Gasteiger partial charge < -0.3 is 10.4 Å². The molecule has 110 valence electrons. The zero-order valence-electron chi connectivity index (χ0n) is 10.7. The minimum absolute atomic E-state index is 0.0434. The maximum Gasteiger partial charge on any atom is 0.314 e. The van der Waals surface area contributed by atoms with Crippen molar-refractivity contribution in [1.82, 2.24) is 9.78 Å². The van der Waals surface area contributed by atoms with Gasteiger partial charge in [0.2, 0.25) is 11.7 Å². The highest BCUT2D eigenvalue weighted by molar-refractivity contribution is 6.31. The lowest BCUT2D eigenvalue weighted by atomic mass is 10.2. The highest BCUT2D eigenvalue weighted by atomic mass is 35.5. The predicted octanol–water partition coefficient (Wildman–Crippen LogP) is 2.18. The third-order valence-corrected chi connectivity index (χ3v) is 2.87. The third kappa shape index (κ3) is 3.69. The molecule has 0 aliphatic rings. The Morgan fingerprint density at radius 1 is 1.52 bits per heavy atom. The van der Waals surface area contributed by atoms with E-state index in [1.54, 1.807) is 23.1 Å². The van der Waals surface area contributed by atoms with Crippen molar-refractivity contribution in [2.75, 3.05) is 5.32 Å². The molecule has 0 atom stereocenters. The number of hydrogen-bond acceptors (Lipinski definition) is 5. The van der Waals surface area contributed by atoms with E-state index in [1.165, 1.54) is 6.07 Å². The van der Waals surface area contributed by atoms with Crippen molar-refractivity contribution in [3.8, 4) is 5.75 Å². The molecule has 0 bridgehead atoms. The Bertz CT molecular complexity index is 672. The van der Waals surface area contributed by atoms with Crippen LogP contribution in [0.25, 0.3) is 0 Å². The standard InChI is InChI=1S/C12H11ClN4O4/c13-8-6-9(12(19)10(7-8)17(20)21)15-11(18)2-5-16-4-1-3-14-16/h1,3-4,6-7,19H,2,5H2,(H,15,18). The Kier molecular flexibility index (Phi) is 4.39. The monoisotopic (exact) mass is 310 g/mol. The average molecular weight is 311 g/mol. The number of nitrogens with zero attached hydrogens (tertiary/aromatic N) is 3. The smallest absolute Gasteiger partial charge is 0.314 e. The van der Waals surface area contributed by atoms with Gasteiger partial charge in [0.1, 0.15) is 0 Å². The first-order chi connectivity index (χ1) is 9.97. The molecule has 0 aliphatic carbocycles. The van der Waals surface area contributed by atoms with E-state index >= 15 is 0 Å². The molecular weight excluding hydrogens is 300 g/mol. The number of phenols is 1. The van der Waals surface area contributed by atoms with E-state index in [0.717, 1.165) is 6.07 Å². The lowest BCUT2D eigenvalue weighted by molar-refractivity contribution is -0.385. The van der Waals surface area contributed by atoms with Crippen molar-refractivity contribution in [2.45, 2.75) is 13.0 Å². The Labute approximate surface area is 124 Å². The van der Waals surface area contributed by atoms with Gasteiger partial charge in [-0.2, -0.15) is 5.10 Å². The fraction of sp³-hybridized carbons (Fsp3) is 0.167. The second-order valence-corrected chi connectivity index (χ2v) is 4.58. The summed E-state index contributed by atoms with van der Waals surface area (Å²) in [4.78, 5) is 21.8. The number of aromatic hydroxyl groups is 1. The first kappa shape index (κ1) is 14.8. The number of nitro groups is 1. The summed E-state index contributed by atoms with van der Waals surface area (Å²) < 4.78 is 1.57. The summed E-state index contributed by atoms with van der Waals surface area (Å²) in [7, 11) is 0. The Balaban J connectivity index is 2.08. The number of hydrogen-bond donors (Lipinski definition) is 2. The van der Waals surface area contributed by atoms with E-state index in [9.17, 15) is 20.0 Å². The summed E-state index contributed by atoms with van der Waals surface area (Å²) in [5.74, 6) is -1.05. The molecule has 0 radical (unpaired) electrons. The predicted molar refractivity (Wildman–Crippen MR) is 75.2 cm³/mol. The molecule has 2 rings (SSSR count). The van der Waals surface area contributed by atoms with Gasteiger partial charge in [0.25, 0.3) is 0 Å². The molecule has 1 aromatic carbocycles. The summed E-state index contributed by atoms with van der Waals surface area (Å²) in [6, 6.07) is 3.98. The maximum atomic E-state index is 11.8. The van der Waals surface area contributed by atoms with Crippen LogP contribution in [0.5, 0.6) is 5.75 Å². The van der Waals surface area contributed by atoms with Crippen LogP contribution in [0.1, 0.15) is 6.42 Å². The number of aryl methyl sites for hydroxylation is 1. The molecule has 1 heterocycles. The molecule has 1 aromatic heterocycles. The number of aromatic nitrogens is 2. The number of carbonyl (C=O) groups excluding carboxylic acids is 1. The van der Waals surface area contributed by atoms with Crippen LogP contribution < -0.4 is 5.32 Å². The van der Waals surface area contributed by atoms with E-state index in [1.807, 2.05) is 0 Å². The highest BCUT2D eigenvalue weighted by Crippen LogP contribution is 2.36. The summed E-state index contributed by atoms with van der Waals surface area (Å²) in [5.41, 5.74) is -0.662. The van der Waals surface area contributed by atoms with Gasteiger partial charge in [-0.05, 0) is 12.1 Å². The molecule has 0 aliphatic heterocycles. The van der Waals surface area contributed by atoms with Crippen LogP contribution in [-0.2, 0) is 11.3 Å². The van der Waals surface area contributed by atoms with Gasteiger partial charge in [-0.3, -0.25) is 19.6 Å². The largest absolute Gasteiger partial charge is 0.501 e. The van der Waals surface area contributed by atoms with Crippen molar-refractivity contribution < 1.29 is 14.8 Å². The van der Waals surface area contributed by atoms with Gasteiger partial charge in [0.15, 0.2) is 0 Å². The first-order valence-electron chi connectivity index (χ1n) is 5.91. The highest BCUT2D eigenvalue weighted by Gasteiger charge is 2.20. The number of carbonyl (C=O) groups is 1. The lowest BCUT2D eigenvalue weighted by Gasteiger charge is -2.08. The van der Waals surface area contributed by atoms with Crippen molar-refractivity contribution in [3.63, 3.8) is 0 Å². The molecule has 0 saturated heterocycles. The van der Waals surface area contributed by atoms with Gasteiger partial charge in [-0.15, -0.1) is 0 Å². The number of halogens is 1. The van der Waals surface area contributed by atoms with Gasteiger partial charge in [-0.1, -0.05) is 11.6 Å². The molecule has 2 N–H and O–H groups in total. The maximum absolute atomic E-state index is 11.8. The van der Waals surface area contributed by atoms with Crippen LogP contribution in [0.4, 0.5) is 11.4 Å². The number of nitrogens with one attached hydrogen (secondary N) is 1. The van der Waals surface area contributed by atoms with Crippen LogP contribution >= 0.6 is 11.6 Å². The second kappa shape index (κ2) is 6.23. The first-order valence-corrected chi connectivity index (χ1v) is 6.29. The normalized spacial score (nSPS) is 10.3. The third-order valence-electron chi connectivity index (χ3n) is 2.65. The fourth-order valence-corrected chi connectivity index (χ4v) is 1.89. The van der Waals surface area contributed by atoms with E-state index in [-0.39, 0.29) is 17.1 Å². The zero-order valence-corrected chi connectivity index (χ0v) is 11.4. The van der Waals surface area contributed by atoms with Crippen molar-refractivity contribution in [1.29, 1.82) is 0 Å². The molecular formula is C12H11ClN4O4. The molecule has 2 aromatic rings. The summed E-state index contributed by atoms with van der Waals surface area (Å²) in [5, 5.41) is 26.9. The fourth-order valence-electron chi connectivity index (χ4n) is 1.68. The van der Waals surface area contributed by atoms with Crippen LogP contribution in [0.3, 0.4) is 0 Å². The zero-order chi connectivity index (χ0) is 15.4. The van der Waals surface area contributed by atoms with Gasteiger partial charge in [-0.25, -0.2) is 0 Å². The number of amides is 1. The van der Waals surface area contributed by atoms with Gasteiger partial charge >= 0.3 is 5.69 Å². The van der Waals surface area contributed by atoms with Crippen molar-refractivity contribution in [2.24, 2.45) is 0 Å². The van der Waals surface area contributed by atoms with Crippen LogP contribution in [0.2, 0.25) is 5.02 Å². The van der Waals surface area contributed by atoms with Crippen LogP contribution in [0, 0.1) is 10.1 Å². The summed E-state index contributed by atoms with van der Waals surface area (Å²) in [6.07, 6.45) is 3.39. The van der Waals surface area contributed by atoms with E-state index < -0.39 is 22.3 Å². The quantitative estimate of drug-likeness (QED) is 0.499. The Morgan fingerprint density at radius 3 is 2.90 bits per heavy atom. The molecule has 0 spiro atoms. The topological polar surface area (TPSA) is 110 Å². The van der Waals surface area contributed by atoms with E-state index in [4.69, 9.17) is 11.6 Å². The average Bonchev–Trinajstić information content (AvgIpc) is 2.93. The minimum Gasteiger partial charge on any atom is -0.501 e. The van der Waals surface area contributed by atoms with Gasteiger partial charge in [0.05, 0.1) is 10.6 Å². The summed E-state index contributed by atoms with van der Waals surface area (Å²) >= 11 is 5.73. The number of nitro benzene ring substituents is 1. The molecule has 9 heteroatoms. The lowest BCUT2D eigenvalue weighted by Crippen LogP contribution is -2.15. The van der Waals surface area contributed by atoms with Gasteiger partial charge in [0, 0.05) is 36.4 Å². The Morgan fingerprint density at radius 2 is 2.29 bits per heavy atom. The second-order valence-electron chi connectivity index (χ2n) is 4.15. The van der Waals surface area contributed by atoms with E-state index in [0.29, 0.717) is 6.54 Å². The van der Waals surface area contributed by atoms with Crippen LogP contribution in [-0.4, -0.2) is 25.7 Å². The number of rotatable bonds is 5. The molecule has 8 nitrogen and oxygen atoms in total. The molecule has 0 fully saturated rings. The Hall–Kier alpha value is -2.61. The van der Waals surface area contributed by atoms with Crippen molar-refractivity contribution >= 4 is 28.9 Å². The van der Waals surface area contributed by atoms with Crippen molar-refractivity contribution in [3.05, 3.63) is 45.7 Å². The number of anilines is 1. The molecule has 1 amide bonds. The number of phenolic OH excluding ortho intramolecular Hbond substituents is 1. The SMILES string of the molecule is O=C(CCn1cccn1)Nc1cc(Cl)cc([N+](=O)[O-])c1O. The number of benzene rings is 1. The molecule has 0 unspecified atom stereocenters. The van der Waals surface area contributed by atoms with Crippen LogP contribution in [0.15, 0.2) is 30.6 Å². The minimum atomic E-state index is -0.777. The molecule has 0 saturated carbocycles. The molecule has 21 heavy (non-hydrogen) atoms. The summed E-state index contributed by atoms with van der Waals surface area (Å²) in [6.45, 7) is 0.349.